The number of rotatable bonds is 4. The van der Waals surface area contributed by atoms with Crippen LogP contribution in [-0.4, -0.2) is 44.8 Å². The van der Waals surface area contributed by atoms with E-state index in [-0.39, 0.29) is 28.5 Å². The zero-order chi connectivity index (χ0) is 20.6. The summed E-state index contributed by atoms with van der Waals surface area (Å²) in [6.45, 7) is -0.105. The molecule has 0 bridgehead atoms. The van der Waals surface area contributed by atoms with E-state index in [4.69, 9.17) is 10.5 Å². The normalized spacial score (nSPS) is 13.9. The average molecular weight is 407 g/mol. The molecule has 152 valence electrons. The van der Waals surface area contributed by atoms with Crippen molar-refractivity contribution in [3.8, 4) is 5.75 Å². The standard InChI is InChI=1S/C17H16F3N7O2/c18-17(19,20)8-29-12-2-4-23-6-11(12)25-16(28)13-14(21)26-27-7-9-5-22-3-1-10(9)24-15(13)27/h2,4,6-7,22H,1,3,5,8H2,(H2,21,26)(H,25,28). The van der Waals surface area contributed by atoms with Crippen molar-refractivity contribution in [1.29, 1.82) is 0 Å². The number of nitrogens with zero attached hydrogens (tertiary/aromatic N) is 4. The number of alkyl halides is 3. The number of fused-ring (bicyclic) bond motifs is 2. The molecule has 3 aromatic heterocycles. The minimum Gasteiger partial charge on any atom is -0.482 e. The van der Waals surface area contributed by atoms with Crippen LogP contribution in [0.15, 0.2) is 24.7 Å². The molecule has 9 nitrogen and oxygen atoms in total. The lowest BCUT2D eigenvalue weighted by atomic mass is 10.1. The number of aromatic nitrogens is 4. The van der Waals surface area contributed by atoms with Crippen LogP contribution >= 0.6 is 0 Å². The van der Waals surface area contributed by atoms with Gasteiger partial charge in [-0.15, -0.1) is 5.10 Å². The third-order valence-corrected chi connectivity index (χ3v) is 4.30. The highest BCUT2D eigenvalue weighted by Gasteiger charge is 2.29. The summed E-state index contributed by atoms with van der Waals surface area (Å²) >= 11 is 0. The Hall–Kier alpha value is -3.41. The maximum absolute atomic E-state index is 12.8. The van der Waals surface area contributed by atoms with Crippen molar-refractivity contribution < 1.29 is 22.7 Å². The van der Waals surface area contributed by atoms with Gasteiger partial charge >= 0.3 is 6.18 Å². The number of nitrogens with two attached hydrogens (primary N) is 1. The highest BCUT2D eigenvalue weighted by atomic mass is 19.4. The molecule has 1 aliphatic heterocycles. The van der Waals surface area contributed by atoms with E-state index in [2.05, 4.69) is 25.7 Å². The molecule has 4 N–H and O–H groups in total. The van der Waals surface area contributed by atoms with Crippen LogP contribution in [0, 0.1) is 0 Å². The van der Waals surface area contributed by atoms with E-state index in [0.29, 0.717) is 13.0 Å². The summed E-state index contributed by atoms with van der Waals surface area (Å²) in [5.41, 5.74) is 7.97. The van der Waals surface area contributed by atoms with Crippen LogP contribution in [0.1, 0.15) is 21.6 Å². The van der Waals surface area contributed by atoms with Crippen molar-refractivity contribution in [2.24, 2.45) is 0 Å². The van der Waals surface area contributed by atoms with Gasteiger partial charge in [-0.25, -0.2) is 9.50 Å². The summed E-state index contributed by atoms with van der Waals surface area (Å²) in [5.74, 6) is -0.896. The average Bonchev–Trinajstić information content (AvgIpc) is 2.99. The summed E-state index contributed by atoms with van der Waals surface area (Å²) in [6.07, 6.45) is 0.365. The van der Waals surface area contributed by atoms with Crippen LogP contribution in [0.25, 0.3) is 5.65 Å². The predicted octanol–water partition coefficient (Wildman–Crippen LogP) is 1.55. The monoisotopic (exact) mass is 407 g/mol. The Balaban J connectivity index is 1.64. The highest BCUT2D eigenvalue weighted by molar-refractivity contribution is 6.12. The number of hydrogen-bond donors (Lipinski definition) is 3. The lowest BCUT2D eigenvalue weighted by molar-refractivity contribution is -0.153. The van der Waals surface area contributed by atoms with Gasteiger partial charge in [0.25, 0.3) is 5.91 Å². The summed E-state index contributed by atoms with van der Waals surface area (Å²) < 4.78 is 43.5. The van der Waals surface area contributed by atoms with E-state index in [0.717, 1.165) is 17.8 Å². The fourth-order valence-corrected chi connectivity index (χ4v) is 3.02. The number of hydrogen-bond acceptors (Lipinski definition) is 7. The maximum atomic E-state index is 12.8. The first-order valence-electron chi connectivity index (χ1n) is 8.64. The van der Waals surface area contributed by atoms with Crippen LogP contribution < -0.4 is 21.1 Å². The van der Waals surface area contributed by atoms with Crippen LogP contribution in [0.3, 0.4) is 0 Å². The second-order valence-electron chi connectivity index (χ2n) is 6.40. The Morgan fingerprint density at radius 2 is 2.24 bits per heavy atom. The van der Waals surface area contributed by atoms with E-state index in [1.54, 1.807) is 6.20 Å². The lowest BCUT2D eigenvalue weighted by Gasteiger charge is -2.16. The Labute approximate surface area is 162 Å². The molecule has 0 unspecified atom stereocenters. The van der Waals surface area contributed by atoms with Gasteiger partial charge in [0.2, 0.25) is 0 Å². The summed E-state index contributed by atoms with van der Waals surface area (Å²) in [5, 5.41) is 9.82. The van der Waals surface area contributed by atoms with Gasteiger partial charge in [-0.3, -0.25) is 9.78 Å². The quantitative estimate of drug-likeness (QED) is 0.600. The summed E-state index contributed by atoms with van der Waals surface area (Å²) in [6, 6.07) is 1.22. The zero-order valence-corrected chi connectivity index (χ0v) is 15.0. The van der Waals surface area contributed by atoms with Crippen molar-refractivity contribution >= 4 is 23.1 Å². The maximum Gasteiger partial charge on any atom is 0.422 e. The molecular formula is C17H16F3N7O2. The molecule has 1 aliphatic rings. The van der Waals surface area contributed by atoms with Crippen LogP contribution in [0.5, 0.6) is 5.75 Å². The number of amides is 1. The third-order valence-electron chi connectivity index (χ3n) is 4.30. The smallest absolute Gasteiger partial charge is 0.422 e. The molecule has 0 radical (unpaired) electrons. The number of nitrogens with one attached hydrogen (secondary N) is 2. The van der Waals surface area contributed by atoms with Crippen LogP contribution in [0.2, 0.25) is 0 Å². The first kappa shape index (κ1) is 18.9. The van der Waals surface area contributed by atoms with E-state index >= 15 is 0 Å². The molecule has 4 heterocycles. The first-order valence-corrected chi connectivity index (χ1v) is 8.64. The van der Waals surface area contributed by atoms with Crippen molar-refractivity contribution in [3.05, 3.63) is 41.5 Å². The van der Waals surface area contributed by atoms with E-state index in [1.165, 1.54) is 23.0 Å². The van der Waals surface area contributed by atoms with E-state index in [9.17, 15) is 18.0 Å². The van der Waals surface area contributed by atoms with Gasteiger partial charge in [0.15, 0.2) is 18.1 Å². The molecule has 1 amide bonds. The van der Waals surface area contributed by atoms with Gasteiger partial charge in [0.05, 0.1) is 11.9 Å². The Bertz CT molecular complexity index is 1080. The number of ether oxygens (including phenoxy) is 1. The first-order chi connectivity index (χ1) is 13.8. The fourth-order valence-electron chi connectivity index (χ4n) is 3.02. The highest BCUT2D eigenvalue weighted by Crippen LogP contribution is 2.27. The number of carbonyl (C=O) groups excluding carboxylic acids is 1. The van der Waals surface area contributed by atoms with Crippen molar-refractivity contribution in [2.75, 3.05) is 24.2 Å². The minimum atomic E-state index is -4.52. The SMILES string of the molecule is Nc1nn2cc3c(nc2c1C(=O)Nc1cnccc1OCC(F)(F)F)CCNC3. The largest absolute Gasteiger partial charge is 0.482 e. The molecule has 4 rings (SSSR count). The van der Waals surface area contributed by atoms with E-state index in [1.807, 2.05) is 0 Å². The second-order valence-corrected chi connectivity index (χ2v) is 6.40. The summed E-state index contributed by atoms with van der Waals surface area (Å²) in [4.78, 5) is 21.2. The molecule has 3 aromatic rings. The fraction of sp³-hybridized carbons (Fsp3) is 0.294. The predicted molar refractivity (Wildman–Crippen MR) is 96.6 cm³/mol. The van der Waals surface area contributed by atoms with Crippen LogP contribution in [-0.2, 0) is 13.0 Å². The summed E-state index contributed by atoms with van der Waals surface area (Å²) in [7, 11) is 0. The molecule has 0 spiro atoms. The topological polar surface area (TPSA) is 119 Å². The number of carbonyl (C=O) groups is 1. The molecule has 0 fully saturated rings. The molecule has 0 saturated carbocycles. The Morgan fingerprint density at radius 3 is 3.03 bits per heavy atom. The molecule has 29 heavy (non-hydrogen) atoms. The van der Waals surface area contributed by atoms with E-state index < -0.39 is 18.7 Å². The Morgan fingerprint density at radius 1 is 1.41 bits per heavy atom. The zero-order valence-electron chi connectivity index (χ0n) is 15.0. The van der Waals surface area contributed by atoms with Crippen molar-refractivity contribution in [1.82, 2.24) is 24.9 Å². The molecule has 0 aliphatic carbocycles. The third kappa shape index (κ3) is 3.92. The van der Waals surface area contributed by atoms with Gasteiger partial charge in [0, 0.05) is 43.5 Å². The molecule has 12 heteroatoms. The molecule has 0 atom stereocenters. The number of halogens is 3. The number of nitrogen functional groups attached to an aromatic ring is 1. The number of pyridine rings is 1. The second kappa shape index (κ2) is 7.20. The number of anilines is 2. The van der Waals surface area contributed by atoms with Crippen LogP contribution in [0.4, 0.5) is 24.7 Å². The van der Waals surface area contributed by atoms with Crippen molar-refractivity contribution in [3.63, 3.8) is 0 Å². The lowest BCUT2D eigenvalue weighted by Crippen LogP contribution is -2.25. The molecular weight excluding hydrogens is 391 g/mol. The van der Waals surface area contributed by atoms with Crippen molar-refractivity contribution in [2.45, 2.75) is 19.1 Å². The van der Waals surface area contributed by atoms with Gasteiger partial charge in [0.1, 0.15) is 17.0 Å². The van der Waals surface area contributed by atoms with Gasteiger partial charge in [-0.2, -0.15) is 13.2 Å². The van der Waals surface area contributed by atoms with Gasteiger partial charge < -0.3 is 21.1 Å². The van der Waals surface area contributed by atoms with Gasteiger partial charge in [-0.1, -0.05) is 0 Å². The Kier molecular flexibility index (Phi) is 4.70. The minimum absolute atomic E-state index is 0.0250. The molecule has 0 aromatic carbocycles. The van der Waals surface area contributed by atoms with Gasteiger partial charge in [-0.05, 0) is 0 Å². The molecule has 0 saturated heterocycles.